The Kier molecular flexibility index (Phi) is 4.32. The number of nitrogens with zero attached hydrogens (tertiary/aromatic N) is 1. The molecule has 0 aromatic heterocycles. The van der Waals surface area contributed by atoms with Crippen LogP contribution in [0, 0.1) is 0 Å². The minimum absolute atomic E-state index is 0. The van der Waals surface area contributed by atoms with Crippen molar-refractivity contribution in [3.8, 4) is 0 Å². The zero-order chi connectivity index (χ0) is 6.85. The van der Waals surface area contributed by atoms with Crippen LogP contribution in [0.5, 0.6) is 0 Å². The van der Waals surface area contributed by atoms with Crippen molar-refractivity contribution in [2.24, 2.45) is 0 Å². The van der Waals surface area contributed by atoms with Gasteiger partial charge >= 0.3 is 29.6 Å². The fraction of sp³-hybridized carbons (Fsp3) is 0.833. The standard InChI is InChI=1S/C6H11NO2.Na/c1-5-3-2-4-7(5)6(8)9;/h5H,2-4H2,1H3,(H,8,9);/q;+1/p-1/t5-;/m1./s1. The summed E-state index contributed by atoms with van der Waals surface area (Å²) in [5, 5.41) is 10.2. The van der Waals surface area contributed by atoms with Gasteiger partial charge in [-0.25, -0.2) is 0 Å². The quantitative estimate of drug-likeness (QED) is 0.342. The topological polar surface area (TPSA) is 43.4 Å². The zero-order valence-electron chi connectivity index (χ0n) is 6.46. The third kappa shape index (κ3) is 2.15. The maximum Gasteiger partial charge on any atom is 1.00 e. The molecule has 1 heterocycles. The summed E-state index contributed by atoms with van der Waals surface area (Å²) in [6, 6.07) is 0.176. The Balaban J connectivity index is 0.000000810. The SMILES string of the molecule is C[C@@H]1CCCN1C(=O)[O-].[Na+]. The van der Waals surface area contributed by atoms with Gasteiger partial charge in [-0.2, -0.15) is 0 Å². The molecule has 0 unspecified atom stereocenters. The molecule has 0 N–H and O–H groups in total. The van der Waals surface area contributed by atoms with E-state index in [2.05, 4.69) is 0 Å². The van der Waals surface area contributed by atoms with Gasteiger partial charge in [-0.3, -0.25) is 0 Å². The van der Waals surface area contributed by atoms with Crippen molar-refractivity contribution < 1.29 is 39.5 Å². The van der Waals surface area contributed by atoms with Gasteiger partial charge in [0, 0.05) is 12.6 Å². The molecular weight excluding hydrogens is 141 g/mol. The van der Waals surface area contributed by atoms with Crippen LogP contribution in [0.4, 0.5) is 4.79 Å². The Morgan fingerprint density at radius 2 is 2.30 bits per heavy atom. The Labute approximate surface area is 82.7 Å². The number of rotatable bonds is 0. The first-order valence-corrected chi connectivity index (χ1v) is 3.19. The summed E-state index contributed by atoms with van der Waals surface area (Å²) >= 11 is 0. The Bertz CT molecular complexity index is 129. The molecule has 1 aliphatic heterocycles. The van der Waals surface area contributed by atoms with E-state index in [1.54, 1.807) is 0 Å². The van der Waals surface area contributed by atoms with Crippen molar-refractivity contribution in [3.63, 3.8) is 0 Å². The van der Waals surface area contributed by atoms with Crippen molar-refractivity contribution in [3.05, 3.63) is 0 Å². The number of carboxylic acid groups (broad SMARTS) is 1. The molecule has 0 aliphatic carbocycles. The molecule has 1 rings (SSSR count). The number of carbonyl (C=O) groups is 1. The van der Waals surface area contributed by atoms with Crippen molar-refractivity contribution in [1.82, 2.24) is 4.90 Å². The van der Waals surface area contributed by atoms with Gasteiger partial charge in [-0.05, 0) is 19.8 Å². The van der Waals surface area contributed by atoms with Gasteiger partial charge in [0.2, 0.25) is 0 Å². The van der Waals surface area contributed by atoms with Crippen LogP contribution in [0.15, 0.2) is 0 Å². The van der Waals surface area contributed by atoms with Crippen LogP contribution in [0.2, 0.25) is 0 Å². The Hall–Kier alpha value is 0.270. The van der Waals surface area contributed by atoms with E-state index in [0.29, 0.717) is 6.54 Å². The van der Waals surface area contributed by atoms with Gasteiger partial charge in [0.05, 0.1) is 0 Å². The van der Waals surface area contributed by atoms with E-state index in [1.807, 2.05) is 6.92 Å². The molecule has 1 fully saturated rings. The summed E-state index contributed by atoms with van der Waals surface area (Å²) < 4.78 is 0. The molecule has 3 nitrogen and oxygen atoms in total. The summed E-state index contributed by atoms with van der Waals surface area (Å²) in [4.78, 5) is 11.6. The van der Waals surface area contributed by atoms with Gasteiger partial charge in [-0.1, -0.05) is 0 Å². The molecule has 0 aromatic carbocycles. The second-order valence-electron chi connectivity index (χ2n) is 2.45. The predicted molar refractivity (Wildman–Crippen MR) is 30.8 cm³/mol. The second kappa shape index (κ2) is 4.21. The molecule has 1 amide bonds. The smallest absolute Gasteiger partial charge is 0.530 e. The van der Waals surface area contributed by atoms with Crippen molar-refractivity contribution in [1.29, 1.82) is 0 Å². The maximum atomic E-state index is 10.2. The molecule has 0 radical (unpaired) electrons. The maximum absolute atomic E-state index is 10.2. The molecule has 0 aromatic rings. The molecule has 4 heteroatoms. The van der Waals surface area contributed by atoms with Crippen molar-refractivity contribution in [2.45, 2.75) is 25.8 Å². The van der Waals surface area contributed by atoms with Gasteiger partial charge < -0.3 is 14.8 Å². The fourth-order valence-corrected chi connectivity index (χ4v) is 1.20. The van der Waals surface area contributed by atoms with Crippen LogP contribution in [-0.4, -0.2) is 23.6 Å². The summed E-state index contributed by atoms with van der Waals surface area (Å²) in [7, 11) is 0. The monoisotopic (exact) mass is 151 g/mol. The molecule has 1 saturated heterocycles. The minimum atomic E-state index is -1.03. The summed E-state index contributed by atoms with van der Waals surface area (Å²) in [6.45, 7) is 2.56. The summed E-state index contributed by atoms with van der Waals surface area (Å²) in [6.07, 6.45) is 0.934. The van der Waals surface area contributed by atoms with E-state index < -0.39 is 6.09 Å². The number of amides is 1. The molecule has 1 aliphatic rings. The van der Waals surface area contributed by atoms with E-state index >= 15 is 0 Å². The number of hydrogen-bond acceptors (Lipinski definition) is 2. The molecule has 0 bridgehead atoms. The van der Waals surface area contributed by atoms with E-state index in [4.69, 9.17) is 0 Å². The van der Waals surface area contributed by atoms with Crippen molar-refractivity contribution in [2.75, 3.05) is 6.54 Å². The third-order valence-electron chi connectivity index (χ3n) is 1.79. The van der Waals surface area contributed by atoms with Crippen LogP contribution in [-0.2, 0) is 0 Å². The Morgan fingerprint density at radius 3 is 2.50 bits per heavy atom. The predicted octanol–water partition coefficient (Wildman–Crippen LogP) is -3.18. The van der Waals surface area contributed by atoms with Crippen LogP contribution < -0.4 is 34.7 Å². The van der Waals surface area contributed by atoms with E-state index in [0.717, 1.165) is 12.8 Å². The van der Waals surface area contributed by atoms with E-state index in [9.17, 15) is 9.90 Å². The minimum Gasteiger partial charge on any atom is -0.530 e. The van der Waals surface area contributed by atoms with Crippen LogP contribution in [0.25, 0.3) is 0 Å². The molecular formula is C6H10NNaO2. The number of likely N-dealkylation sites (tertiary alicyclic amines) is 1. The number of hydrogen-bond donors (Lipinski definition) is 0. The number of carbonyl (C=O) groups excluding carboxylic acids is 1. The van der Waals surface area contributed by atoms with Crippen molar-refractivity contribution >= 4 is 6.09 Å². The van der Waals surface area contributed by atoms with Crippen LogP contribution >= 0.6 is 0 Å². The molecule has 10 heavy (non-hydrogen) atoms. The van der Waals surface area contributed by atoms with Crippen LogP contribution in [0.1, 0.15) is 19.8 Å². The van der Waals surface area contributed by atoms with Gasteiger partial charge in [-0.15, -0.1) is 0 Å². The van der Waals surface area contributed by atoms with Gasteiger partial charge in [0.25, 0.3) is 0 Å². The first kappa shape index (κ1) is 10.3. The normalized spacial score (nSPS) is 24.1. The summed E-state index contributed by atoms with van der Waals surface area (Å²) in [5.74, 6) is 0. The van der Waals surface area contributed by atoms with Gasteiger partial charge in [0.1, 0.15) is 6.09 Å². The largest absolute Gasteiger partial charge is 1.00 e. The molecule has 1 atom stereocenters. The van der Waals surface area contributed by atoms with E-state index in [1.165, 1.54) is 4.90 Å². The summed E-state index contributed by atoms with van der Waals surface area (Å²) in [5.41, 5.74) is 0. The molecule has 52 valence electrons. The second-order valence-corrected chi connectivity index (χ2v) is 2.45. The first-order chi connectivity index (χ1) is 4.22. The molecule has 0 saturated carbocycles. The van der Waals surface area contributed by atoms with Gasteiger partial charge in [0.15, 0.2) is 0 Å². The average Bonchev–Trinajstić information content (AvgIpc) is 2.13. The average molecular weight is 151 g/mol. The Morgan fingerprint density at radius 1 is 1.70 bits per heavy atom. The zero-order valence-corrected chi connectivity index (χ0v) is 8.46. The van der Waals surface area contributed by atoms with Crippen LogP contribution in [0.3, 0.4) is 0 Å². The third-order valence-corrected chi connectivity index (χ3v) is 1.79. The first-order valence-electron chi connectivity index (χ1n) is 3.19. The van der Waals surface area contributed by atoms with E-state index in [-0.39, 0.29) is 35.6 Å². The molecule has 0 spiro atoms. The fourth-order valence-electron chi connectivity index (χ4n) is 1.20.